The first kappa shape index (κ1) is 17.7. The van der Waals surface area contributed by atoms with Crippen LogP contribution < -0.4 is 10.6 Å². The van der Waals surface area contributed by atoms with E-state index in [2.05, 4.69) is 10.6 Å². The van der Waals surface area contributed by atoms with Gasteiger partial charge in [0, 0.05) is 12.6 Å². The van der Waals surface area contributed by atoms with E-state index < -0.39 is 22.4 Å². The maximum Gasteiger partial charge on any atom is 0.407 e. The molecule has 1 rings (SSSR count). The molecule has 0 fully saturated rings. The zero-order valence-corrected chi connectivity index (χ0v) is 13.0. The summed E-state index contributed by atoms with van der Waals surface area (Å²) in [6.45, 7) is 7.16. The van der Waals surface area contributed by atoms with Crippen LogP contribution in [0.5, 0.6) is 0 Å². The highest BCUT2D eigenvalue weighted by atomic mass is 19.1. The van der Waals surface area contributed by atoms with Gasteiger partial charge in [0.25, 0.3) is 5.69 Å². The van der Waals surface area contributed by atoms with Gasteiger partial charge in [0.15, 0.2) is 0 Å². The Balaban J connectivity index is 2.61. The van der Waals surface area contributed by atoms with Crippen LogP contribution >= 0.6 is 0 Å². The molecule has 1 unspecified atom stereocenters. The van der Waals surface area contributed by atoms with E-state index in [1.807, 2.05) is 0 Å². The number of amides is 1. The number of hydrogen-bond donors (Lipinski definition) is 2. The predicted molar refractivity (Wildman–Crippen MR) is 80.4 cm³/mol. The highest BCUT2D eigenvalue weighted by molar-refractivity contribution is 5.68. The molecule has 1 amide bonds. The van der Waals surface area contributed by atoms with Gasteiger partial charge in [0.05, 0.1) is 11.0 Å². The minimum Gasteiger partial charge on any atom is -0.444 e. The number of nitro groups is 1. The first-order chi connectivity index (χ1) is 10.1. The Kier molecular flexibility index (Phi) is 5.67. The molecule has 7 nitrogen and oxygen atoms in total. The fourth-order valence-corrected chi connectivity index (χ4v) is 1.64. The summed E-state index contributed by atoms with van der Waals surface area (Å²) < 4.78 is 18.1. The van der Waals surface area contributed by atoms with Gasteiger partial charge < -0.3 is 15.4 Å². The normalized spacial score (nSPS) is 12.4. The number of nitrogens with one attached hydrogen (secondary N) is 2. The Bertz CT molecular complexity index is 558. The van der Waals surface area contributed by atoms with Gasteiger partial charge in [-0.15, -0.1) is 0 Å². The molecule has 8 heteroatoms. The molecule has 0 radical (unpaired) electrons. The Morgan fingerprint density at radius 1 is 1.45 bits per heavy atom. The minimum atomic E-state index is -0.684. The number of hydrogen-bond acceptors (Lipinski definition) is 5. The number of ether oxygens (including phenoxy) is 1. The van der Waals surface area contributed by atoms with Crippen LogP contribution in [0.4, 0.5) is 20.6 Å². The first-order valence-electron chi connectivity index (χ1n) is 6.76. The van der Waals surface area contributed by atoms with Crippen LogP contribution in [-0.2, 0) is 4.74 Å². The number of halogens is 1. The number of rotatable bonds is 5. The monoisotopic (exact) mass is 313 g/mol. The second kappa shape index (κ2) is 7.06. The van der Waals surface area contributed by atoms with Gasteiger partial charge >= 0.3 is 6.09 Å². The molecule has 0 saturated carbocycles. The lowest BCUT2D eigenvalue weighted by Crippen LogP contribution is -2.38. The van der Waals surface area contributed by atoms with Gasteiger partial charge in [-0.25, -0.2) is 9.18 Å². The fourth-order valence-electron chi connectivity index (χ4n) is 1.64. The number of benzene rings is 1. The molecule has 0 bridgehead atoms. The van der Waals surface area contributed by atoms with Crippen molar-refractivity contribution in [3.05, 3.63) is 34.1 Å². The van der Waals surface area contributed by atoms with Gasteiger partial charge in [-0.2, -0.15) is 0 Å². The second-order valence-corrected chi connectivity index (χ2v) is 5.85. The quantitative estimate of drug-likeness (QED) is 0.643. The van der Waals surface area contributed by atoms with E-state index in [4.69, 9.17) is 4.74 Å². The van der Waals surface area contributed by atoms with Crippen molar-refractivity contribution >= 4 is 17.5 Å². The zero-order chi connectivity index (χ0) is 16.9. The third kappa shape index (κ3) is 5.94. The molecule has 0 saturated heterocycles. The van der Waals surface area contributed by atoms with Crippen LogP contribution in [0.2, 0.25) is 0 Å². The van der Waals surface area contributed by atoms with E-state index in [0.717, 1.165) is 12.1 Å². The van der Waals surface area contributed by atoms with E-state index in [9.17, 15) is 19.3 Å². The largest absolute Gasteiger partial charge is 0.444 e. The van der Waals surface area contributed by atoms with E-state index in [1.54, 1.807) is 27.7 Å². The van der Waals surface area contributed by atoms with Gasteiger partial charge in [-0.1, -0.05) is 0 Å². The summed E-state index contributed by atoms with van der Waals surface area (Å²) in [6, 6.07) is 2.95. The average Bonchev–Trinajstić information content (AvgIpc) is 2.36. The molecule has 22 heavy (non-hydrogen) atoms. The van der Waals surface area contributed by atoms with E-state index in [0.29, 0.717) is 0 Å². The van der Waals surface area contributed by atoms with Crippen molar-refractivity contribution in [2.75, 3.05) is 11.9 Å². The highest BCUT2D eigenvalue weighted by Crippen LogP contribution is 2.25. The van der Waals surface area contributed by atoms with Crippen molar-refractivity contribution in [3.63, 3.8) is 0 Å². The summed E-state index contributed by atoms with van der Waals surface area (Å²) in [5.74, 6) is -0.684. The standard InChI is InChI=1S/C14H20FN3O4/c1-9(8-16-13(19)22-14(2,3)4)17-11-6-5-10(15)7-12(11)18(20)21/h5-7,9,17H,8H2,1-4H3,(H,16,19). The predicted octanol–water partition coefficient (Wildman–Crippen LogP) is 3.06. The van der Waals surface area contributed by atoms with Crippen molar-refractivity contribution in [2.24, 2.45) is 0 Å². The van der Waals surface area contributed by atoms with Gasteiger partial charge in [0.2, 0.25) is 0 Å². The summed E-state index contributed by atoms with van der Waals surface area (Å²) in [5.41, 5.74) is -0.773. The molecule has 1 atom stereocenters. The maximum atomic E-state index is 13.1. The maximum absolute atomic E-state index is 13.1. The number of alkyl carbamates (subject to hydrolysis) is 1. The van der Waals surface area contributed by atoms with Crippen molar-refractivity contribution < 1.29 is 18.8 Å². The third-order valence-electron chi connectivity index (χ3n) is 2.51. The Morgan fingerprint density at radius 2 is 2.09 bits per heavy atom. The van der Waals surface area contributed by atoms with Crippen LogP contribution in [0.25, 0.3) is 0 Å². The average molecular weight is 313 g/mol. The lowest BCUT2D eigenvalue weighted by molar-refractivity contribution is -0.384. The summed E-state index contributed by atoms with van der Waals surface area (Å²) >= 11 is 0. The molecular weight excluding hydrogens is 293 g/mol. The molecule has 0 aliphatic carbocycles. The van der Waals surface area contributed by atoms with Gasteiger partial charge in [-0.05, 0) is 39.8 Å². The molecular formula is C14H20FN3O4. The van der Waals surface area contributed by atoms with E-state index in [-0.39, 0.29) is 24.0 Å². The number of nitro benzene ring substituents is 1. The van der Waals surface area contributed by atoms with Crippen molar-refractivity contribution in [1.29, 1.82) is 0 Å². The molecule has 0 spiro atoms. The van der Waals surface area contributed by atoms with E-state index in [1.165, 1.54) is 6.07 Å². The molecule has 1 aromatic carbocycles. The van der Waals surface area contributed by atoms with Crippen molar-refractivity contribution in [1.82, 2.24) is 5.32 Å². The first-order valence-corrected chi connectivity index (χ1v) is 6.76. The molecule has 122 valence electrons. The van der Waals surface area contributed by atoms with Gasteiger partial charge in [-0.3, -0.25) is 10.1 Å². The van der Waals surface area contributed by atoms with Crippen LogP contribution in [0.15, 0.2) is 18.2 Å². The molecule has 0 aliphatic rings. The second-order valence-electron chi connectivity index (χ2n) is 5.85. The number of anilines is 1. The van der Waals surface area contributed by atoms with Crippen LogP contribution in [-0.4, -0.2) is 29.2 Å². The summed E-state index contributed by atoms with van der Waals surface area (Å²) in [4.78, 5) is 21.7. The SMILES string of the molecule is CC(CNC(=O)OC(C)(C)C)Nc1ccc(F)cc1[N+](=O)[O-]. The summed E-state index contributed by atoms with van der Waals surface area (Å²) in [6.07, 6.45) is -0.574. The molecule has 0 aliphatic heterocycles. The van der Waals surface area contributed by atoms with Crippen LogP contribution in [0.1, 0.15) is 27.7 Å². The Morgan fingerprint density at radius 3 is 2.64 bits per heavy atom. The number of nitrogens with zero attached hydrogens (tertiary/aromatic N) is 1. The lowest BCUT2D eigenvalue weighted by Gasteiger charge is -2.21. The van der Waals surface area contributed by atoms with Crippen molar-refractivity contribution in [3.8, 4) is 0 Å². The number of carbonyl (C=O) groups is 1. The topological polar surface area (TPSA) is 93.5 Å². The fraction of sp³-hybridized carbons (Fsp3) is 0.500. The number of carbonyl (C=O) groups excluding carboxylic acids is 1. The summed E-state index contributed by atoms with van der Waals surface area (Å²) in [5, 5.41) is 16.3. The van der Waals surface area contributed by atoms with E-state index >= 15 is 0 Å². The van der Waals surface area contributed by atoms with Crippen LogP contribution in [0.3, 0.4) is 0 Å². The molecule has 1 aromatic rings. The smallest absolute Gasteiger partial charge is 0.407 e. The van der Waals surface area contributed by atoms with Crippen LogP contribution in [0, 0.1) is 15.9 Å². The molecule has 2 N–H and O–H groups in total. The van der Waals surface area contributed by atoms with Gasteiger partial charge in [0.1, 0.15) is 17.1 Å². The highest BCUT2D eigenvalue weighted by Gasteiger charge is 2.18. The Labute approximate surface area is 128 Å². The minimum absolute atomic E-state index is 0.185. The molecule has 0 aromatic heterocycles. The van der Waals surface area contributed by atoms with Crippen molar-refractivity contribution in [2.45, 2.75) is 39.3 Å². The molecule has 0 heterocycles. The third-order valence-corrected chi connectivity index (χ3v) is 2.51. The zero-order valence-electron chi connectivity index (χ0n) is 13.0. The summed E-state index contributed by atoms with van der Waals surface area (Å²) in [7, 11) is 0. The lowest BCUT2D eigenvalue weighted by atomic mass is 10.2. The Hall–Kier alpha value is -2.38.